The van der Waals surface area contributed by atoms with E-state index in [4.69, 9.17) is 4.74 Å². The molecule has 0 saturated heterocycles. The van der Waals surface area contributed by atoms with E-state index in [-0.39, 0.29) is 0 Å². The Hall–Kier alpha value is -2.94. The van der Waals surface area contributed by atoms with Crippen molar-refractivity contribution < 1.29 is 14.3 Å². The first-order valence-electron chi connectivity index (χ1n) is 6.50. The van der Waals surface area contributed by atoms with E-state index in [2.05, 4.69) is 6.58 Å². The molecule has 0 spiro atoms. The molecular formula is C18H12O3. The predicted molar refractivity (Wildman–Crippen MR) is 80.9 cm³/mol. The lowest BCUT2D eigenvalue weighted by Crippen LogP contribution is -2.01. The highest BCUT2D eigenvalue weighted by Crippen LogP contribution is 2.33. The quantitative estimate of drug-likeness (QED) is 0.638. The molecule has 1 aliphatic rings. The van der Waals surface area contributed by atoms with Crippen LogP contribution < -0.4 is 0 Å². The molecule has 0 bridgehead atoms. The summed E-state index contributed by atoms with van der Waals surface area (Å²) in [6.45, 7) is 3.69. The fourth-order valence-electron chi connectivity index (χ4n) is 2.31. The van der Waals surface area contributed by atoms with Crippen LogP contribution in [-0.4, -0.2) is 11.9 Å². The monoisotopic (exact) mass is 276 g/mol. The summed E-state index contributed by atoms with van der Waals surface area (Å²) in [7, 11) is 0. The Morgan fingerprint density at radius 1 is 0.762 bits per heavy atom. The second kappa shape index (κ2) is 5.21. The smallest absolute Gasteiger partial charge is 0.347 e. The van der Waals surface area contributed by atoms with Crippen molar-refractivity contribution in [2.75, 3.05) is 0 Å². The van der Waals surface area contributed by atoms with Crippen LogP contribution in [0.1, 0.15) is 16.7 Å². The highest BCUT2D eigenvalue weighted by atomic mass is 16.6. The van der Waals surface area contributed by atoms with Crippen LogP contribution in [0.4, 0.5) is 0 Å². The zero-order chi connectivity index (χ0) is 14.8. The van der Waals surface area contributed by atoms with Gasteiger partial charge in [-0.3, -0.25) is 0 Å². The Morgan fingerprint density at radius 3 is 1.81 bits per heavy atom. The first-order chi connectivity index (χ1) is 10.2. The Morgan fingerprint density at radius 2 is 1.29 bits per heavy atom. The molecule has 102 valence electrons. The zero-order valence-electron chi connectivity index (χ0n) is 11.2. The van der Waals surface area contributed by atoms with Gasteiger partial charge in [-0.2, -0.15) is 0 Å². The SMILES string of the molecule is C=Cc1ccc(C2=C(c3ccccc3)C(=O)OC2=O)cc1. The lowest BCUT2D eigenvalue weighted by molar-refractivity contribution is -0.149. The Labute approximate surface area is 122 Å². The molecule has 0 aromatic heterocycles. The molecule has 3 nitrogen and oxygen atoms in total. The number of carbonyl (C=O) groups is 2. The molecule has 1 aliphatic heterocycles. The second-order valence-electron chi connectivity index (χ2n) is 4.62. The van der Waals surface area contributed by atoms with Gasteiger partial charge in [-0.15, -0.1) is 0 Å². The van der Waals surface area contributed by atoms with Crippen LogP contribution in [-0.2, 0) is 14.3 Å². The fraction of sp³-hybridized carbons (Fsp3) is 0. The number of ether oxygens (including phenoxy) is 1. The van der Waals surface area contributed by atoms with E-state index in [9.17, 15) is 9.59 Å². The summed E-state index contributed by atoms with van der Waals surface area (Å²) in [5.74, 6) is -1.21. The van der Waals surface area contributed by atoms with Gasteiger partial charge < -0.3 is 4.74 Å². The Balaban J connectivity index is 2.18. The van der Waals surface area contributed by atoms with Gasteiger partial charge in [0, 0.05) is 0 Å². The first kappa shape index (κ1) is 13.1. The highest BCUT2D eigenvalue weighted by molar-refractivity contribution is 6.44. The molecule has 2 aromatic rings. The largest absolute Gasteiger partial charge is 0.386 e. The van der Waals surface area contributed by atoms with E-state index in [1.165, 1.54) is 0 Å². The van der Waals surface area contributed by atoms with Crippen LogP contribution in [0, 0.1) is 0 Å². The van der Waals surface area contributed by atoms with E-state index < -0.39 is 11.9 Å². The van der Waals surface area contributed by atoms with Crippen molar-refractivity contribution >= 4 is 29.2 Å². The van der Waals surface area contributed by atoms with Gasteiger partial charge in [-0.25, -0.2) is 9.59 Å². The van der Waals surface area contributed by atoms with E-state index in [1.807, 2.05) is 30.3 Å². The lowest BCUT2D eigenvalue weighted by atomic mass is 9.96. The van der Waals surface area contributed by atoms with Crippen LogP contribution in [0.5, 0.6) is 0 Å². The maximum Gasteiger partial charge on any atom is 0.347 e. The third kappa shape index (κ3) is 2.30. The molecule has 0 unspecified atom stereocenters. The molecule has 0 atom stereocenters. The predicted octanol–water partition coefficient (Wildman–Crippen LogP) is 3.32. The maximum absolute atomic E-state index is 12.0. The van der Waals surface area contributed by atoms with Crippen molar-refractivity contribution in [3.8, 4) is 0 Å². The molecule has 2 aromatic carbocycles. The van der Waals surface area contributed by atoms with Crippen molar-refractivity contribution in [3.05, 3.63) is 77.9 Å². The Bertz CT molecular complexity index is 753. The van der Waals surface area contributed by atoms with Crippen LogP contribution in [0.25, 0.3) is 17.2 Å². The van der Waals surface area contributed by atoms with Gasteiger partial charge in [-0.1, -0.05) is 67.3 Å². The van der Waals surface area contributed by atoms with Crippen molar-refractivity contribution in [3.63, 3.8) is 0 Å². The standard InChI is InChI=1S/C18H12O3/c1-2-12-8-10-14(11-9-12)16-15(17(19)21-18(16)20)13-6-4-3-5-7-13/h2-11H,1H2. The van der Waals surface area contributed by atoms with Crippen LogP contribution >= 0.6 is 0 Å². The van der Waals surface area contributed by atoms with Gasteiger partial charge in [0.05, 0.1) is 11.1 Å². The molecule has 0 radical (unpaired) electrons. The van der Waals surface area contributed by atoms with Gasteiger partial charge in [0.15, 0.2) is 0 Å². The fourth-order valence-corrected chi connectivity index (χ4v) is 2.31. The van der Waals surface area contributed by atoms with Gasteiger partial charge in [0.1, 0.15) is 0 Å². The number of cyclic esters (lactones) is 2. The number of rotatable bonds is 3. The summed E-state index contributed by atoms with van der Waals surface area (Å²) in [6, 6.07) is 16.3. The van der Waals surface area contributed by atoms with Gasteiger partial charge in [-0.05, 0) is 16.7 Å². The van der Waals surface area contributed by atoms with Crippen molar-refractivity contribution in [1.82, 2.24) is 0 Å². The number of carbonyl (C=O) groups excluding carboxylic acids is 2. The van der Waals surface area contributed by atoms with Crippen molar-refractivity contribution in [1.29, 1.82) is 0 Å². The normalized spacial score (nSPS) is 14.3. The topological polar surface area (TPSA) is 43.4 Å². The molecule has 0 amide bonds. The molecule has 0 aliphatic carbocycles. The number of hydrogen-bond donors (Lipinski definition) is 0. The molecule has 3 heteroatoms. The molecule has 21 heavy (non-hydrogen) atoms. The second-order valence-corrected chi connectivity index (χ2v) is 4.62. The van der Waals surface area contributed by atoms with E-state index in [0.717, 1.165) is 5.56 Å². The summed E-state index contributed by atoms with van der Waals surface area (Å²) in [4.78, 5) is 24.0. The molecule has 0 saturated carbocycles. The number of esters is 2. The molecule has 0 fully saturated rings. The van der Waals surface area contributed by atoms with Crippen LogP contribution in [0.3, 0.4) is 0 Å². The Kier molecular flexibility index (Phi) is 3.24. The minimum atomic E-state index is -0.606. The minimum absolute atomic E-state index is 0.307. The van der Waals surface area contributed by atoms with Crippen molar-refractivity contribution in [2.24, 2.45) is 0 Å². The minimum Gasteiger partial charge on any atom is -0.386 e. The average Bonchev–Trinajstić information content (AvgIpc) is 2.82. The first-order valence-corrected chi connectivity index (χ1v) is 6.50. The third-order valence-electron chi connectivity index (χ3n) is 3.34. The summed E-state index contributed by atoms with van der Waals surface area (Å²) in [6.07, 6.45) is 1.72. The van der Waals surface area contributed by atoms with E-state index >= 15 is 0 Å². The van der Waals surface area contributed by atoms with Crippen molar-refractivity contribution in [2.45, 2.75) is 0 Å². The van der Waals surface area contributed by atoms with Gasteiger partial charge >= 0.3 is 11.9 Å². The average molecular weight is 276 g/mol. The summed E-state index contributed by atoms with van der Waals surface area (Å²) >= 11 is 0. The lowest BCUT2D eigenvalue weighted by Gasteiger charge is -2.03. The molecule has 3 rings (SSSR count). The third-order valence-corrected chi connectivity index (χ3v) is 3.34. The van der Waals surface area contributed by atoms with E-state index in [1.54, 1.807) is 30.3 Å². The van der Waals surface area contributed by atoms with Gasteiger partial charge in [0.2, 0.25) is 0 Å². The summed E-state index contributed by atoms with van der Waals surface area (Å²) < 4.78 is 4.78. The molecule has 0 N–H and O–H groups in total. The maximum atomic E-state index is 12.0. The van der Waals surface area contributed by atoms with E-state index in [0.29, 0.717) is 22.3 Å². The zero-order valence-corrected chi connectivity index (χ0v) is 11.2. The highest BCUT2D eigenvalue weighted by Gasteiger charge is 2.34. The number of hydrogen-bond acceptors (Lipinski definition) is 3. The molecular weight excluding hydrogens is 264 g/mol. The number of benzene rings is 2. The van der Waals surface area contributed by atoms with Gasteiger partial charge in [0.25, 0.3) is 0 Å². The van der Waals surface area contributed by atoms with Crippen LogP contribution in [0.2, 0.25) is 0 Å². The molecule has 1 heterocycles. The summed E-state index contributed by atoms with van der Waals surface area (Å²) in [5, 5.41) is 0. The van der Waals surface area contributed by atoms with Crippen LogP contribution in [0.15, 0.2) is 61.2 Å². The summed E-state index contributed by atoms with van der Waals surface area (Å²) in [5.41, 5.74) is 2.90.